The average Bonchev–Trinajstić information content (AvgIpc) is 3.06. The fraction of sp³-hybridized carbons (Fsp3) is 0.263. The second-order valence-electron chi connectivity index (χ2n) is 6.27. The Kier molecular flexibility index (Phi) is 6.14. The van der Waals surface area contributed by atoms with Crippen molar-refractivity contribution in [3.63, 3.8) is 0 Å². The van der Waals surface area contributed by atoms with Crippen molar-refractivity contribution >= 4 is 55.1 Å². The molecule has 0 fully saturated rings. The minimum absolute atomic E-state index is 0.00842. The zero-order chi connectivity index (χ0) is 20.4. The van der Waals surface area contributed by atoms with Crippen LogP contribution in [0, 0.1) is 12.7 Å². The summed E-state index contributed by atoms with van der Waals surface area (Å²) in [6, 6.07) is 7.05. The monoisotopic (exact) mass is 467 g/mol. The summed E-state index contributed by atoms with van der Waals surface area (Å²) in [6.45, 7) is 2.28. The molecule has 28 heavy (non-hydrogen) atoms. The number of esters is 1. The largest absolute Gasteiger partial charge is 0.465 e. The normalized spacial score (nSPS) is 12.2. The second-order valence-corrected chi connectivity index (χ2v) is 8.74. The number of carbonyl (C=O) groups is 1. The molecule has 1 atom stereocenters. The van der Waals surface area contributed by atoms with Gasteiger partial charge in [0.1, 0.15) is 5.52 Å². The minimum Gasteiger partial charge on any atom is -0.465 e. The molecule has 9 heteroatoms. The molecular formula is C19H19BrFN3O3S. The number of rotatable bonds is 6. The molecule has 0 amide bonds. The lowest BCUT2D eigenvalue weighted by Crippen LogP contribution is -2.10. The number of carbonyl (C=O) groups excluding carboxylic acids is 1. The Morgan fingerprint density at radius 3 is 2.79 bits per heavy atom. The van der Waals surface area contributed by atoms with Gasteiger partial charge in [0.25, 0.3) is 0 Å². The van der Waals surface area contributed by atoms with Crippen LogP contribution in [0.1, 0.15) is 15.9 Å². The Morgan fingerprint density at radius 1 is 1.39 bits per heavy atom. The number of imidazole rings is 1. The minimum atomic E-state index is -1.000. The van der Waals surface area contributed by atoms with E-state index < -0.39 is 22.6 Å². The summed E-state index contributed by atoms with van der Waals surface area (Å²) in [6.07, 6.45) is 3.08. The Labute approximate surface area is 172 Å². The molecular weight excluding hydrogens is 449 g/mol. The highest BCUT2D eigenvalue weighted by molar-refractivity contribution is 9.10. The van der Waals surface area contributed by atoms with Crippen molar-refractivity contribution in [2.45, 2.75) is 13.5 Å². The van der Waals surface area contributed by atoms with Crippen LogP contribution < -0.4 is 5.32 Å². The zero-order valence-corrected chi connectivity index (χ0v) is 18.0. The average molecular weight is 468 g/mol. The number of anilines is 2. The first-order chi connectivity index (χ1) is 13.3. The highest BCUT2D eigenvalue weighted by Crippen LogP contribution is 2.33. The van der Waals surface area contributed by atoms with Gasteiger partial charge < -0.3 is 14.6 Å². The highest BCUT2D eigenvalue weighted by Gasteiger charge is 2.22. The Hall–Kier alpha value is -2.26. The summed E-state index contributed by atoms with van der Waals surface area (Å²) in [5.74, 6) is -0.903. The molecule has 0 aliphatic carbocycles. The molecule has 0 bridgehead atoms. The standard InChI is InChI=1S/C19H19BrFN3O3S/c1-11-8-12(20)4-5-14(11)23-17-13(19(25)27-2)9-15-18(16(17)21)22-10-24(15)6-7-28(3)26/h4-5,8-10,23H,6-7H2,1-3H3. The highest BCUT2D eigenvalue weighted by atomic mass is 79.9. The summed E-state index contributed by atoms with van der Waals surface area (Å²) in [5.41, 5.74) is 2.18. The number of hydrogen-bond donors (Lipinski definition) is 1. The topological polar surface area (TPSA) is 73.2 Å². The van der Waals surface area contributed by atoms with E-state index in [9.17, 15) is 9.00 Å². The van der Waals surface area contributed by atoms with Crippen molar-refractivity contribution in [3.8, 4) is 0 Å². The summed E-state index contributed by atoms with van der Waals surface area (Å²) >= 11 is 3.39. The molecule has 2 aromatic carbocycles. The van der Waals surface area contributed by atoms with E-state index >= 15 is 4.39 Å². The predicted octanol–water partition coefficient (Wildman–Crippen LogP) is 4.16. The third kappa shape index (κ3) is 4.10. The lowest BCUT2D eigenvalue weighted by atomic mass is 10.1. The van der Waals surface area contributed by atoms with Gasteiger partial charge in [-0.05, 0) is 36.8 Å². The maximum Gasteiger partial charge on any atom is 0.340 e. The third-order valence-electron chi connectivity index (χ3n) is 4.33. The van der Waals surface area contributed by atoms with E-state index in [-0.39, 0.29) is 16.8 Å². The van der Waals surface area contributed by atoms with E-state index in [4.69, 9.17) is 4.74 Å². The van der Waals surface area contributed by atoms with Crippen LogP contribution in [0.4, 0.5) is 15.8 Å². The van der Waals surface area contributed by atoms with E-state index in [0.29, 0.717) is 23.5 Å². The molecule has 0 saturated carbocycles. The van der Waals surface area contributed by atoms with Gasteiger partial charge in [0, 0.05) is 39.5 Å². The number of benzene rings is 2. The van der Waals surface area contributed by atoms with E-state index in [1.807, 2.05) is 19.1 Å². The van der Waals surface area contributed by atoms with Gasteiger partial charge in [-0.2, -0.15) is 0 Å². The van der Waals surface area contributed by atoms with Gasteiger partial charge in [-0.1, -0.05) is 15.9 Å². The molecule has 1 heterocycles. The SMILES string of the molecule is COC(=O)c1cc2c(ncn2CCS(C)=O)c(F)c1Nc1ccc(Br)cc1C. The van der Waals surface area contributed by atoms with E-state index in [0.717, 1.165) is 10.0 Å². The van der Waals surface area contributed by atoms with Gasteiger partial charge in [0.05, 0.1) is 30.2 Å². The number of aromatic nitrogens is 2. The molecule has 3 aromatic rings. The lowest BCUT2D eigenvalue weighted by molar-refractivity contribution is 0.0601. The Morgan fingerprint density at radius 2 is 2.14 bits per heavy atom. The smallest absolute Gasteiger partial charge is 0.340 e. The molecule has 0 saturated heterocycles. The summed E-state index contributed by atoms with van der Waals surface area (Å²) in [4.78, 5) is 16.5. The third-order valence-corrected chi connectivity index (χ3v) is 5.58. The predicted molar refractivity (Wildman–Crippen MR) is 112 cm³/mol. The molecule has 6 nitrogen and oxygen atoms in total. The zero-order valence-electron chi connectivity index (χ0n) is 15.6. The number of hydrogen-bond acceptors (Lipinski definition) is 5. The number of ether oxygens (including phenoxy) is 1. The first-order valence-corrected chi connectivity index (χ1v) is 10.9. The van der Waals surface area contributed by atoms with E-state index in [1.54, 1.807) is 23.0 Å². The van der Waals surface area contributed by atoms with Gasteiger partial charge in [-0.25, -0.2) is 14.2 Å². The summed E-state index contributed by atoms with van der Waals surface area (Å²) < 4.78 is 34.1. The number of halogens is 2. The van der Waals surface area contributed by atoms with Gasteiger partial charge in [0.15, 0.2) is 5.82 Å². The van der Waals surface area contributed by atoms with Gasteiger partial charge in [-0.15, -0.1) is 0 Å². The molecule has 1 aromatic heterocycles. The van der Waals surface area contributed by atoms with Crippen LogP contribution >= 0.6 is 15.9 Å². The molecule has 1 unspecified atom stereocenters. The van der Waals surface area contributed by atoms with Crippen molar-refractivity contribution in [2.75, 3.05) is 24.4 Å². The van der Waals surface area contributed by atoms with Crippen LogP contribution in [0.25, 0.3) is 11.0 Å². The van der Waals surface area contributed by atoms with Crippen LogP contribution in [0.15, 0.2) is 35.1 Å². The first-order valence-electron chi connectivity index (χ1n) is 8.40. The van der Waals surface area contributed by atoms with Crippen LogP contribution in [0.5, 0.6) is 0 Å². The van der Waals surface area contributed by atoms with E-state index in [1.165, 1.54) is 13.4 Å². The maximum absolute atomic E-state index is 15.3. The van der Waals surface area contributed by atoms with Gasteiger partial charge in [-0.3, -0.25) is 4.21 Å². The first kappa shape index (κ1) is 20.5. The summed E-state index contributed by atoms with van der Waals surface area (Å²) in [7, 11) is 0.247. The lowest BCUT2D eigenvalue weighted by Gasteiger charge is -2.15. The molecule has 1 N–H and O–H groups in total. The van der Waals surface area contributed by atoms with Crippen molar-refractivity contribution in [1.29, 1.82) is 0 Å². The number of aryl methyl sites for hydroxylation is 2. The van der Waals surface area contributed by atoms with Gasteiger partial charge >= 0.3 is 5.97 Å². The van der Waals surface area contributed by atoms with Crippen LogP contribution in [-0.2, 0) is 22.1 Å². The van der Waals surface area contributed by atoms with Crippen LogP contribution in [0.2, 0.25) is 0 Å². The number of fused-ring (bicyclic) bond motifs is 1. The fourth-order valence-corrected chi connectivity index (χ4v) is 3.79. The fourth-order valence-electron chi connectivity index (χ4n) is 2.86. The Bertz CT molecular complexity index is 1080. The second kappa shape index (κ2) is 8.40. The molecule has 0 radical (unpaired) electrons. The quantitative estimate of drug-likeness (QED) is 0.551. The molecule has 0 spiro atoms. The molecule has 0 aliphatic heterocycles. The molecule has 3 rings (SSSR count). The van der Waals surface area contributed by atoms with Crippen molar-refractivity contribution in [2.24, 2.45) is 0 Å². The number of nitrogens with zero attached hydrogens (tertiary/aromatic N) is 2. The van der Waals surface area contributed by atoms with Crippen LogP contribution in [-0.4, -0.2) is 38.8 Å². The van der Waals surface area contributed by atoms with Crippen molar-refractivity contribution in [1.82, 2.24) is 9.55 Å². The maximum atomic E-state index is 15.3. The number of methoxy groups -OCH3 is 1. The van der Waals surface area contributed by atoms with Crippen molar-refractivity contribution < 1.29 is 18.1 Å². The van der Waals surface area contributed by atoms with Gasteiger partial charge in [0.2, 0.25) is 0 Å². The number of nitrogens with one attached hydrogen (secondary N) is 1. The van der Waals surface area contributed by atoms with Crippen LogP contribution in [0.3, 0.4) is 0 Å². The Balaban J connectivity index is 2.14. The van der Waals surface area contributed by atoms with E-state index in [2.05, 4.69) is 26.2 Å². The summed E-state index contributed by atoms with van der Waals surface area (Å²) in [5, 5.41) is 3.01. The molecule has 0 aliphatic rings. The van der Waals surface area contributed by atoms with Crippen molar-refractivity contribution in [3.05, 3.63) is 52.0 Å². The molecule has 148 valence electrons.